The van der Waals surface area contributed by atoms with Gasteiger partial charge in [0.15, 0.2) is 0 Å². The van der Waals surface area contributed by atoms with Crippen molar-refractivity contribution in [3.63, 3.8) is 0 Å². The van der Waals surface area contributed by atoms with Crippen LogP contribution in [0.3, 0.4) is 0 Å². The summed E-state index contributed by atoms with van der Waals surface area (Å²) >= 11 is 6.33. The van der Waals surface area contributed by atoms with Crippen LogP contribution < -0.4 is 0 Å². The van der Waals surface area contributed by atoms with E-state index in [1.807, 2.05) is 4.68 Å². The zero-order valence-electron chi connectivity index (χ0n) is 11.0. The normalized spacial score (nSPS) is 17.4. The monoisotopic (exact) mass is 265 g/mol. The Bertz CT molecular complexity index is 437. The average molecular weight is 266 g/mol. The number of nitrogens with zero attached hydrogens (tertiary/aromatic N) is 3. The molecule has 1 aliphatic carbocycles. The van der Waals surface area contributed by atoms with Crippen LogP contribution in [-0.4, -0.2) is 9.78 Å². The minimum absolute atomic E-state index is 0.387. The van der Waals surface area contributed by atoms with Gasteiger partial charge >= 0.3 is 0 Å². The quantitative estimate of drug-likeness (QED) is 0.767. The van der Waals surface area contributed by atoms with Gasteiger partial charge in [0, 0.05) is 0 Å². The van der Waals surface area contributed by atoms with E-state index in [1.165, 1.54) is 25.7 Å². The van der Waals surface area contributed by atoms with Gasteiger partial charge in [0.05, 0.1) is 11.7 Å². The number of hydrogen-bond donors (Lipinski definition) is 0. The fourth-order valence-electron chi connectivity index (χ4n) is 2.72. The Labute approximate surface area is 114 Å². The molecule has 1 heterocycles. The molecule has 0 saturated heterocycles. The van der Waals surface area contributed by atoms with Gasteiger partial charge in [-0.25, -0.2) is 4.68 Å². The molecule has 0 radical (unpaired) electrons. The molecule has 0 aliphatic heterocycles. The lowest BCUT2D eigenvalue weighted by atomic mass is 10.1. The molecule has 1 fully saturated rings. The standard InChI is InChI=1S/C14H20ClN3/c1-2-7-13-12(10-16)14(15)18(17-13)11-8-5-3-4-6-9-11/h11H,2-9H2,1H3. The number of hydrogen-bond acceptors (Lipinski definition) is 2. The summed E-state index contributed by atoms with van der Waals surface area (Å²) in [5.41, 5.74) is 1.46. The first-order valence-corrected chi connectivity index (χ1v) is 7.32. The van der Waals surface area contributed by atoms with Crippen molar-refractivity contribution in [2.75, 3.05) is 0 Å². The molecule has 0 spiro atoms. The van der Waals surface area contributed by atoms with Crippen molar-refractivity contribution >= 4 is 11.6 Å². The topological polar surface area (TPSA) is 41.6 Å². The van der Waals surface area contributed by atoms with Crippen LogP contribution in [0.2, 0.25) is 5.15 Å². The van der Waals surface area contributed by atoms with Crippen LogP contribution in [0.15, 0.2) is 0 Å². The van der Waals surface area contributed by atoms with Gasteiger partial charge in [-0.05, 0) is 19.3 Å². The van der Waals surface area contributed by atoms with E-state index < -0.39 is 0 Å². The first-order valence-electron chi connectivity index (χ1n) is 6.95. The van der Waals surface area contributed by atoms with Crippen LogP contribution in [-0.2, 0) is 6.42 Å². The minimum Gasteiger partial charge on any atom is -0.249 e. The molecule has 1 aromatic rings. The van der Waals surface area contributed by atoms with Crippen LogP contribution in [0, 0.1) is 11.3 Å². The zero-order valence-corrected chi connectivity index (χ0v) is 11.7. The highest BCUT2D eigenvalue weighted by atomic mass is 35.5. The highest BCUT2D eigenvalue weighted by Crippen LogP contribution is 2.31. The van der Waals surface area contributed by atoms with E-state index in [4.69, 9.17) is 11.6 Å². The van der Waals surface area contributed by atoms with Crippen molar-refractivity contribution in [2.24, 2.45) is 0 Å². The number of halogens is 1. The molecule has 0 bridgehead atoms. The lowest BCUT2D eigenvalue weighted by molar-refractivity contribution is 0.403. The molecule has 98 valence electrons. The van der Waals surface area contributed by atoms with E-state index in [0.29, 0.717) is 16.8 Å². The summed E-state index contributed by atoms with van der Waals surface area (Å²) in [6.07, 6.45) is 9.20. The van der Waals surface area contributed by atoms with E-state index in [1.54, 1.807) is 0 Å². The highest BCUT2D eigenvalue weighted by molar-refractivity contribution is 6.30. The number of aromatic nitrogens is 2. The Kier molecular flexibility index (Phi) is 4.66. The molecule has 4 heteroatoms. The first-order chi connectivity index (χ1) is 8.77. The zero-order chi connectivity index (χ0) is 13.0. The minimum atomic E-state index is 0.387. The predicted octanol–water partition coefficient (Wildman–Crippen LogP) is 4.26. The second-order valence-corrected chi connectivity index (χ2v) is 5.42. The second kappa shape index (κ2) is 6.24. The SMILES string of the molecule is CCCc1nn(C2CCCCCC2)c(Cl)c1C#N. The van der Waals surface area contributed by atoms with Crippen LogP contribution in [0.1, 0.15) is 69.2 Å². The van der Waals surface area contributed by atoms with Gasteiger partial charge in [0.25, 0.3) is 0 Å². The maximum atomic E-state index is 9.21. The van der Waals surface area contributed by atoms with Gasteiger partial charge in [0.1, 0.15) is 16.8 Å². The smallest absolute Gasteiger partial charge is 0.145 e. The number of aryl methyl sites for hydroxylation is 1. The Morgan fingerprint density at radius 1 is 1.33 bits per heavy atom. The third-order valence-electron chi connectivity index (χ3n) is 3.69. The summed E-state index contributed by atoms with van der Waals surface area (Å²) < 4.78 is 1.91. The Hall–Kier alpha value is -1.01. The fourth-order valence-corrected chi connectivity index (χ4v) is 3.05. The third-order valence-corrected chi connectivity index (χ3v) is 4.06. The van der Waals surface area contributed by atoms with Crippen LogP contribution in [0.4, 0.5) is 0 Å². The maximum absolute atomic E-state index is 9.21. The van der Waals surface area contributed by atoms with Crippen molar-refractivity contribution in [2.45, 2.75) is 64.3 Å². The molecule has 0 N–H and O–H groups in total. The van der Waals surface area contributed by atoms with Crippen LogP contribution in [0.25, 0.3) is 0 Å². The molecule has 0 amide bonds. The Morgan fingerprint density at radius 2 is 2.00 bits per heavy atom. The van der Waals surface area contributed by atoms with E-state index in [2.05, 4.69) is 18.1 Å². The molecule has 2 rings (SSSR count). The van der Waals surface area contributed by atoms with E-state index in [0.717, 1.165) is 31.4 Å². The van der Waals surface area contributed by atoms with Crippen molar-refractivity contribution in [3.8, 4) is 6.07 Å². The third kappa shape index (κ3) is 2.70. The first kappa shape index (κ1) is 13.4. The number of rotatable bonds is 3. The van der Waals surface area contributed by atoms with Gasteiger partial charge in [0.2, 0.25) is 0 Å². The van der Waals surface area contributed by atoms with Crippen LogP contribution in [0.5, 0.6) is 0 Å². The molecular weight excluding hydrogens is 246 g/mol. The predicted molar refractivity (Wildman–Crippen MR) is 72.7 cm³/mol. The van der Waals surface area contributed by atoms with Crippen LogP contribution >= 0.6 is 11.6 Å². The maximum Gasteiger partial charge on any atom is 0.145 e. The van der Waals surface area contributed by atoms with Crippen molar-refractivity contribution < 1.29 is 0 Å². The molecule has 0 aromatic carbocycles. The van der Waals surface area contributed by atoms with Crippen molar-refractivity contribution in [1.82, 2.24) is 9.78 Å². The van der Waals surface area contributed by atoms with Gasteiger partial charge in [-0.15, -0.1) is 0 Å². The van der Waals surface area contributed by atoms with E-state index in [9.17, 15) is 5.26 Å². The fraction of sp³-hybridized carbons (Fsp3) is 0.714. The Morgan fingerprint density at radius 3 is 2.56 bits per heavy atom. The van der Waals surface area contributed by atoms with Crippen molar-refractivity contribution in [1.29, 1.82) is 5.26 Å². The van der Waals surface area contributed by atoms with Crippen molar-refractivity contribution in [3.05, 3.63) is 16.4 Å². The van der Waals surface area contributed by atoms with Gasteiger partial charge in [-0.3, -0.25) is 0 Å². The molecule has 0 unspecified atom stereocenters. The summed E-state index contributed by atoms with van der Waals surface area (Å²) in [7, 11) is 0. The largest absolute Gasteiger partial charge is 0.249 e. The molecule has 1 aromatic heterocycles. The van der Waals surface area contributed by atoms with Gasteiger partial charge in [-0.1, -0.05) is 50.6 Å². The Balaban J connectivity index is 2.29. The average Bonchev–Trinajstić information content (AvgIpc) is 2.58. The summed E-state index contributed by atoms with van der Waals surface area (Å²) in [4.78, 5) is 0. The molecule has 0 atom stereocenters. The summed E-state index contributed by atoms with van der Waals surface area (Å²) in [6.45, 7) is 2.10. The molecule has 1 saturated carbocycles. The highest BCUT2D eigenvalue weighted by Gasteiger charge is 2.22. The lowest BCUT2D eigenvalue weighted by Gasteiger charge is -2.15. The molecule has 1 aliphatic rings. The van der Waals surface area contributed by atoms with Gasteiger partial charge in [-0.2, -0.15) is 10.4 Å². The second-order valence-electron chi connectivity index (χ2n) is 5.06. The molecule has 3 nitrogen and oxygen atoms in total. The summed E-state index contributed by atoms with van der Waals surface area (Å²) in [6, 6.07) is 2.60. The number of nitriles is 1. The van der Waals surface area contributed by atoms with Gasteiger partial charge < -0.3 is 0 Å². The van der Waals surface area contributed by atoms with E-state index in [-0.39, 0.29) is 0 Å². The molecule has 18 heavy (non-hydrogen) atoms. The molecular formula is C14H20ClN3. The van der Waals surface area contributed by atoms with E-state index >= 15 is 0 Å². The summed E-state index contributed by atoms with van der Waals surface area (Å²) in [5.74, 6) is 0. The lowest BCUT2D eigenvalue weighted by Crippen LogP contribution is -2.10. The summed E-state index contributed by atoms with van der Waals surface area (Å²) in [5, 5.41) is 14.4.